The van der Waals surface area contributed by atoms with Crippen LogP contribution in [-0.4, -0.2) is 24.2 Å². The Morgan fingerprint density at radius 1 is 0.974 bits per heavy atom. The number of thioether (sulfide) groups is 1. The summed E-state index contributed by atoms with van der Waals surface area (Å²) in [5.74, 6) is -0.322. The van der Waals surface area contributed by atoms with Crippen LogP contribution in [0.4, 0.5) is 11.4 Å². The van der Waals surface area contributed by atoms with Crippen LogP contribution in [0.2, 0.25) is 0 Å². The van der Waals surface area contributed by atoms with E-state index in [9.17, 15) is 14.9 Å². The molecule has 0 radical (unpaired) electrons. The minimum absolute atomic E-state index is 0.0939. The molecule has 7 nitrogen and oxygen atoms in total. The van der Waals surface area contributed by atoms with Gasteiger partial charge < -0.3 is 20.7 Å². The Morgan fingerprint density at radius 2 is 1.67 bits per heavy atom. The number of hydrogen-bond donors (Lipinski definition) is 3. The van der Waals surface area contributed by atoms with Crippen molar-refractivity contribution in [3.8, 4) is 11.8 Å². The van der Waals surface area contributed by atoms with E-state index < -0.39 is 5.92 Å². The van der Waals surface area contributed by atoms with Crippen molar-refractivity contribution in [3.63, 3.8) is 0 Å². The number of nitriles is 1. The second-order valence-electron chi connectivity index (χ2n) is 8.93. The molecule has 39 heavy (non-hydrogen) atoms. The van der Waals surface area contributed by atoms with Crippen molar-refractivity contribution in [3.05, 3.63) is 112 Å². The van der Waals surface area contributed by atoms with Gasteiger partial charge in [-0.1, -0.05) is 60.3 Å². The number of para-hydroxylation sites is 2. The molecule has 4 rings (SSSR count). The smallest absolute Gasteiger partial charge is 0.254 e. The van der Waals surface area contributed by atoms with E-state index in [1.165, 1.54) is 11.8 Å². The summed E-state index contributed by atoms with van der Waals surface area (Å²) in [5.41, 5.74) is 4.57. The third-order valence-electron chi connectivity index (χ3n) is 6.21. The summed E-state index contributed by atoms with van der Waals surface area (Å²) in [5, 5.41) is 20.0. The molecule has 3 aromatic carbocycles. The molecular formula is C31H30N4O3S. The fourth-order valence-electron chi connectivity index (χ4n) is 4.34. The van der Waals surface area contributed by atoms with Crippen LogP contribution in [-0.2, 0) is 9.59 Å². The van der Waals surface area contributed by atoms with Gasteiger partial charge in [-0.3, -0.25) is 9.59 Å². The normalized spacial score (nSPS) is 14.8. The van der Waals surface area contributed by atoms with E-state index in [2.05, 4.69) is 22.0 Å². The second kappa shape index (κ2) is 12.9. The average Bonchev–Trinajstić information content (AvgIpc) is 2.94. The van der Waals surface area contributed by atoms with E-state index in [0.29, 0.717) is 39.9 Å². The predicted molar refractivity (Wildman–Crippen MR) is 156 cm³/mol. The predicted octanol–water partition coefficient (Wildman–Crippen LogP) is 6.10. The average molecular weight is 539 g/mol. The van der Waals surface area contributed by atoms with Crippen LogP contribution in [0.25, 0.3) is 0 Å². The summed E-state index contributed by atoms with van der Waals surface area (Å²) < 4.78 is 5.59. The third-order valence-corrected chi connectivity index (χ3v) is 7.23. The summed E-state index contributed by atoms with van der Waals surface area (Å²) in [6.07, 6.45) is 0. The first-order chi connectivity index (χ1) is 18.9. The zero-order valence-corrected chi connectivity index (χ0v) is 22.9. The van der Waals surface area contributed by atoms with Crippen LogP contribution < -0.4 is 20.7 Å². The lowest BCUT2D eigenvalue weighted by atomic mass is 9.82. The molecule has 0 bridgehead atoms. The highest BCUT2D eigenvalue weighted by Crippen LogP contribution is 2.41. The zero-order chi connectivity index (χ0) is 27.8. The molecule has 0 saturated carbocycles. The number of nitrogens with zero attached hydrogens (tertiary/aromatic N) is 1. The van der Waals surface area contributed by atoms with Gasteiger partial charge in [0.25, 0.3) is 5.91 Å². The Kier molecular flexibility index (Phi) is 9.08. The van der Waals surface area contributed by atoms with Crippen molar-refractivity contribution in [2.45, 2.75) is 26.7 Å². The van der Waals surface area contributed by atoms with Crippen molar-refractivity contribution in [2.75, 3.05) is 23.0 Å². The molecule has 1 aliphatic rings. The van der Waals surface area contributed by atoms with Gasteiger partial charge in [-0.05, 0) is 62.2 Å². The third kappa shape index (κ3) is 6.70. The summed E-state index contributed by atoms with van der Waals surface area (Å²) in [6, 6.07) is 26.5. The number of dihydropyridines is 1. The first-order valence-corrected chi connectivity index (χ1v) is 13.6. The molecule has 0 saturated heterocycles. The topological polar surface area (TPSA) is 103 Å². The molecular weight excluding hydrogens is 508 g/mol. The highest BCUT2D eigenvalue weighted by molar-refractivity contribution is 8.03. The molecule has 0 aromatic heterocycles. The maximum absolute atomic E-state index is 13.6. The Morgan fingerprint density at radius 3 is 2.33 bits per heavy atom. The van der Waals surface area contributed by atoms with Gasteiger partial charge in [-0.2, -0.15) is 5.26 Å². The molecule has 8 heteroatoms. The number of benzene rings is 3. The maximum Gasteiger partial charge on any atom is 0.254 e. The van der Waals surface area contributed by atoms with Gasteiger partial charge in [-0.25, -0.2) is 0 Å². The number of rotatable bonds is 9. The van der Waals surface area contributed by atoms with E-state index in [1.807, 2.05) is 99.6 Å². The van der Waals surface area contributed by atoms with Gasteiger partial charge in [0.15, 0.2) is 0 Å². The van der Waals surface area contributed by atoms with Gasteiger partial charge in [0, 0.05) is 22.6 Å². The molecule has 0 fully saturated rings. The lowest BCUT2D eigenvalue weighted by Gasteiger charge is -2.30. The van der Waals surface area contributed by atoms with E-state index in [-0.39, 0.29) is 17.6 Å². The summed E-state index contributed by atoms with van der Waals surface area (Å²) in [7, 11) is 0. The standard InChI is InChI=1S/C31H30N4O3S/c1-4-38-24-16-14-22(15-17-24)29-25(18-32)31(39-19-27(36)35-26-13-9-8-10-20(26)2)33-21(3)28(29)30(37)34-23-11-6-5-7-12-23/h5-17,29,33H,4,19H2,1-3H3,(H,34,37)(H,35,36)/t29-/m0/s1. The SMILES string of the molecule is CCOc1ccc([C@H]2C(C#N)=C(SCC(=O)Nc3ccccc3C)NC(C)=C2C(=O)Nc2ccccc2)cc1. The van der Waals surface area contributed by atoms with Crippen LogP contribution in [0.1, 0.15) is 30.9 Å². The van der Waals surface area contributed by atoms with Crippen molar-refractivity contribution < 1.29 is 14.3 Å². The Bertz CT molecular complexity index is 1460. The summed E-state index contributed by atoms with van der Waals surface area (Å²) in [4.78, 5) is 26.3. The minimum Gasteiger partial charge on any atom is -0.494 e. The number of hydrogen-bond acceptors (Lipinski definition) is 6. The number of carbonyl (C=O) groups is 2. The van der Waals surface area contributed by atoms with Crippen LogP contribution in [0.15, 0.2) is 101 Å². The van der Waals surface area contributed by atoms with E-state index in [0.717, 1.165) is 16.8 Å². The van der Waals surface area contributed by atoms with Gasteiger partial charge in [-0.15, -0.1) is 0 Å². The number of nitrogens with one attached hydrogen (secondary N) is 3. The van der Waals surface area contributed by atoms with Crippen molar-refractivity contribution in [1.82, 2.24) is 5.32 Å². The van der Waals surface area contributed by atoms with Crippen molar-refractivity contribution >= 4 is 35.0 Å². The fourth-order valence-corrected chi connectivity index (χ4v) is 5.23. The van der Waals surface area contributed by atoms with Crippen LogP contribution in [0.5, 0.6) is 5.75 Å². The van der Waals surface area contributed by atoms with Gasteiger partial charge >= 0.3 is 0 Å². The monoisotopic (exact) mass is 538 g/mol. The molecule has 0 aliphatic carbocycles. The second-order valence-corrected chi connectivity index (χ2v) is 9.91. The zero-order valence-electron chi connectivity index (χ0n) is 22.1. The largest absolute Gasteiger partial charge is 0.494 e. The number of aryl methyl sites for hydroxylation is 1. The Labute approximate surface area is 233 Å². The number of allylic oxidation sites excluding steroid dienone is 2. The lowest BCUT2D eigenvalue weighted by Crippen LogP contribution is -2.31. The molecule has 198 valence electrons. The van der Waals surface area contributed by atoms with Crippen molar-refractivity contribution in [1.29, 1.82) is 5.26 Å². The Balaban J connectivity index is 1.64. The maximum atomic E-state index is 13.6. The molecule has 3 aromatic rings. The van der Waals surface area contributed by atoms with E-state index >= 15 is 0 Å². The molecule has 1 aliphatic heterocycles. The highest BCUT2D eigenvalue weighted by Gasteiger charge is 2.35. The summed E-state index contributed by atoms with van der Waals surface area (Å²) in [6.45, 7) is 6.18. The first-order valence-electron chi connectivity index (χ1n) is 12.6. The first kappa shape index (κ1) is 27.6. The molecule has 1 heterocycles. The number of amides is 2. The molecule has 1 atom stereocenters. The van der Waals surface area contributed by atoms with Gasteiger partial charge in [0.05, 0.1) is 34.9 Å². The minimum atomic E-state index is -0.627. The van der Waals surface area contributed by atoms with E-state index in [1.54, 1.807) is 0 Å². The van der Waals surface area contributed by atoms with E-state index in [4.69, 9.17) is 4.74 Å². The lowest BCUT2D eigenvalue weighted by molar-refractivity contribution is -0.114. The number of carbonyl (C=O) groups excluding carboxylic acids is 2. The molecule has 3 N–H and O–H groups in total. The fraction of sp³-hybridized carbons (Fsp3) is 0.194. The van der Waals surface area contributed by atoms with Gasteiger partial charge in [0.1, 0.15) is 5.75 Å². The number of ether oxygens (including phenoxy) is 1. The highest BCUT2D eigenvalue weighted by atomic mass is 32.2. The summed E-state index contributed by atoms with van der Waals surface area (Å²) >= 11 is 1.24. The molecule has 0 unspecified atom stereocenters. The van der Waals surface area contributed by atoms with Crippen LogP contribution in [0, 0.1) is 18.3 Å². The molecule has 2 amide bonds. The molecule has 0 spiro atoms. The Hall–Kier alpha value is -4.48. The van der Waals surface area contributed by atoms with Crippen LogP contribution in [0.3, 0.4) is 0 Å². The van der Waals surface area contributed by atoms with Crippen molar-refractivity contribution in [2.24, 2.45) is 0 Å². The quantitative estimate of drug-likeness (QED) is 0.304. The van der Waals surface area contributed by atoms with Gasteiger partial charge in [0.2, 0.25) is 5.91 Å². The number of anilines is 2. The van der Waals surface area contributed by atoms with Crippen LogP contribution >= 0.6 is 11.8 Å².